The fourth-order valence-electron chi connectivity index (χ4n) is 2.36. The molecule has 0 bridgehead atoms. The number of nitrogens with one attached hydrogen (secondary N) is 1. The molecule has 1 aliphatic rings. The maximum Gasteiger partial charge on any atom is 0.217 e. The molecule has 19 heavy (non-hydrogen) atoms. The number of halogens is 1. The van der Waals surface area contributed by atoms with E-state index in [1.807, 2.05) is 4.90 Å². The quantitative estimate of drug-likeness (QED) is 0.806. The average Bonchev–Trinajstić information content (AvgIpc) is 2.76. The molecule has 3 N–H and O–H groups in total. The van der Waals surface area contributed by atoms with Gasteiger partial charge in [-0.2, -0.15) is 0 Å². The second-order valence-electron chi connectivity index (χ2n) is 4.68. The summed E-state index contributed by atoms with van der Waals surface area (Å²) in [4.78, 5) is 12.9. The largest absolute Gasteiger partial charge is 0.495 e. The van der Waals surface area contributed by atoms with E-state index in [4.69, 9.17) is 10.5 Å². The highest BCUT2D eigenvalue weighted by Gasteiger charge is 2.25. The number of ether oxygens (including phenoxy) is 1. The summed E-state index contributed by atoms with van der Waals surface area (Å²) in [6.45, 7) is 2.76. The van der Waals surface area contributed by atoms with Crippen LogP contribution in [0.25, 0.3) is 0 Å². The lowest BCUT2D eigenvalue weighted by molar-refractivity contribution is -0.119. The zero-order chi connectivity index (χ0) is 14.0. The van der Waals surface area contributed by atoms with Gasteiger partial charge in [-0.1, -0.05) is 0 Å². The van der Waals surface area contributed by atoms with E-state index >= 15 is 0 Å². The topological polar surface area (TPSA) is 67.6 Å². The van der Waals surface area contributed by atoms with Gasteiger partial charge in [0, 0.05) is 38.2 Å². The monoisotopic (exact) mass is 267 g/mol. The number of benzene rings is 1. The van der Waals surface area contributed by atoms with E-state index < -0.39 is 0 Å². The summed E-state index contributed by atoms with van der Waals surface area (Å²) >= 11 is 0. The van der Waals surface area contributed by atoms with E-state index in [1.165, 1.54) is 20.1 Å². The second-order valence-corrected chi connectivity index (χ2v) is 4.68. The average molecular weight is 267 g/mol. The number of nitrogens with zero attached hydrogens (tertiary/aromatic N) is 1. The predicted octanol–water partition coefficient (Wildman–Crippen LogP) is 1.13. The molecule has 0 radical (unpaired) electrons. The molecule has 1 heterocycles. The van der Waals surface area contributed by atoms with E-state index in [-0.39, 0.29) is 23.5 Å². The van der Waals surface area contributed by atoms with Crippen LogP contribution in [0, 0.1) is 5.82 Å². The Hall–Kier alpha value is -1.98. The van der Waals surface area contributed by atoms with Crippen LogP contribution in [0.4, 0.5) is 15.8 Å². The van der Waals surface area contributed by atoms with E-state index in [2.05, 4.69) is 5.32 Å². The van der Waals surface area contributed by atoms with Gasteiger partial charge in [-0.15, -0.1) is 0 Å². The van der Waals surface area contributed by atoms with Crippen LogP contribution in [-0.2, 0) is 4.79 Å². The first-order chi connectivity index (χ1) is 9.01. The van der Waals surface area contributed by atoms with Crippen LogP contribution in [0.5, 0.6) is 5.75 Å². The molecule has 0 saturated carbocycles. The lowest BCUT2D eigenvalue weighted by Crippen LogP contribution is -2.35. The Balaban J connectivity index is 2.17. The molecular formula is C13H18FN3O2. The number of carbonyl (C=O) groups excluding carboxylic acids is 1. The second kappa shape index (κ2) is 5.34. The number of nitrogens with two attached hydrogens (primary N) is 1. The lowest BCUT2D eigenvalue weighted by atomic mass is 10.2. The van der Waals surface area contributed by atoms with E-state index in [1.54, 1.807) is 6.07 Å². The van der Waals surface area contributed by atoms with Crippen LogP contribution >= 0.6 is 0 Å². The molecule has 0 aromatic heterocycles. The van der Waals surface area contributed by atoms with Gasteiger partial charge in [0.25, 0.3) is 0 Å². The van der Waals surface area contributed by atoms with Gasteiger partial charge in [0.2, 0.25) is 5.91 Å². The number of nitrogen functional groups attached to an aromatic ring is 1. The van der Waals surface area contributed by atoms with Crippen molar-refractivity contribution < 1.29 is 13.9 Å². The molecule has 5 nitrogen and oxygen atoms in total. The third-order valence-electron chi connectivity index (χ3n) is 3.24. The summed E-state index contributed by atoms with van der Waals surface area (Å²) < 4.78 is 19.0. The minimum absolute atomic E-state index is 0.0560. The molecule has 0 spiro atoms. The minimum atomic E-state index is -0.373. The van der Waals surface area contributed by atoms with Gasteiger partial charge >= 0.3 is 0 Å². The number of rotatable bonds is 3. The van der Waals surface area contributed by atoms with Crippen molar-refractivity contribution in [2.24, 2.45) is 0 Å². The minimum Gasteiger partial charge on any atom is -0.495 e. The molecule has 1 aromatic carbocycles. The maximum atomic E-state index is 13.9. The Morgan fingerprint density at radius 3 is 2.95 bits per heavy atom. The molecule has 6 heteroatoms. The number of amides is 1. The molecule has 1 atom stereocenters. The number of anilines is 2. The summed E-state index contributed by atoms with van der Waals surface area (Å²) in [6.07, 6.45) is 0.797. The van der Waals surface area contributed by atoms with Gasteiger partial charge < -0.3 is 20.7 Å². The third-order valence-corrected chi connectivity index (χ3v) is 3.24. The molecule has 2 rings (SSSR count). The summed E-state index contributed by atoms with van der Waals surface area (Å²) in [7, 11) is 1.50. The van der Waals surface area contributed by atoms with Crippen LogP contribution in [0.15, 0.2) is 12.1 Å². The van der Waals surface area contributed by atoms with Gasteiger partial charge in [0.15, 0.2) is 0 Å². The summed E-state index contributed by atoms with van der Waals surface area (Å²) in [6, 6.07) is 2.92. The first-order valence-corrected chi connectivity index (χ1v) is 6.16. The standard InChI is InChI=1S/C13H18FN3O2/c1-8(18)16-9-3-4-17(7-9)12-6-13(19-2)11(15)5-10(12)14/h5-6,9H,3-4,7,15H2,1-2H3,(H,16,18). The Kier molecular flexibility index (Phi) is 3.78. The van der Waals surface area contributed by atoms with Crippen LogP contribution in [0.1, 0.15) is 13.3 Å². The van der Waals surface area contributed by atoms with Crippen molar-refractivity contribution in [2.75, 3.05) is 30.8 Å². The van der Waals surface area contributed by atoms with Crippen molar-refractivity contribution >= 4 is 17.3 Å². The first-order valence-electron chi connectivity index (χ1n) is 6.16. The van der Waals surface area contributed by atoms with Crippen molar-refractivity contribution in [1.82, 2.24) is 5.32 Å². The van der Waals surface area contributed by atoms with Crippen molar-refractivity contribution in [2.45, 2.75) is 19.4 Å². The molecule has 1 amide bonds. The molecule has 1 fully saturated rings. The Bertz CT molecular complexity index is 493. The van der Waals surface area contributed by atoms with Crippen molar-refractivity contribution in [3.8, 4) is 5.75 Å². The van der Waals surface area contributed by atoms with Crippen LogP contribution < -0.4 is 20.7 Å². The van der Waals surface area contributed by atoms with Gasteiger partial charge in [0.1, 0.15) is 11.6 Å². The summed E-state index contributed by atoms with van der Waals surface area (Å²) in [5.74, 6) is 0.0170. The molecule has 1 unspecified atom stereocenters. The Morgan fingerprint density at radius 1 is 1.58 bits per heavy atom. The number of hydrogen-bond acceptors (Lipinski definition) is 4. The van der Waals surface area contributed by atoms with Gasteiger partial charge in [-0.05, 0) is 6.42 Å². The zero-order valence-electron chi connectivity index (χ0n) is 11.1. The lowest BCUT2D eigenvalue weighted by Gasteiger charge is -2.20. The maximum absolute atomic E-state index is 13.9. The molecule has 1 saturated heterocycles. The van der Waals surface area contributed by atoms with Crippen LogP contribution in [-0.4, -0.2) is 32.1 Å². The van der Waals surface area contributed by atoms with Crippen molar-refractivity contribution in [3.05, 3.63) is 17.9 Å². The van der Waals surface area contributed by atoms with Gasteiger partial charge in [-0.3, -0.25) is 4.79 Å². The smallest absolute Gasteiger partial charge is 0.217 e. The van der Waals surface area contributed by atoms with Crippen LogP contribution in [0.2, 0.25) is 0 Å². The molecule has 104 valence electrons. The normalized spacial score (nSPS) is 18.5. The molecule has 0 aliphatic carbocycles. The summed E-state index contributed by atoms with van der Waals surface area (Å²) in [5.41, 5.74) is 6.39. The summed E-state index contributed by atoms with van der Waals surface area (Å²) in [5, 5.41) is 2.84. The predicted molar refractivity (Wildman–Crippen MR) is 71.8 cm³/mol. The Morgan fingerprint density at radius 2 is 2.32 bits per heavy atom. The van der Waals surface area contributed by atoms with Gasteiger partial charge in [-0.25, -0.2) is 4.39 Å². The third kappa shape index (κ3) is 2.89. The van der Waals surface area contributed by atoms with E-state index in [0.29, 0.717) is 24.5 Å². The van der Waals surface area contributed by atoms with E-state index in [0.717, 1.165) is 6.42 Å². The number of methoxy groups -OCH3 is 1. The Labute approximate surface area is 111 Å². The van der Waals surface area contributed by atoms with Crippen molar-refractivity contribution in [3.63, 3.8) is 0 Å². The SMILES string of the molecule is COc1cc(N2CCC(NC(C)=O)C2)c(F)cc1N. The molecule has 1 aromatic rings. The zero-order valence-corrected chi connectivity index (χ0v) is 11.1. The fraction of sp³-hybridized carbons (Fsp3) is 0.462. The van der Waals surface area contributed by atoms with Crippen molar-refractivity contribution in [1.29, 1.82) is 0 Å². The first kappa shape index (κ1) is 13.5. The molecule has 1 aliphatic heterocycles. The number of hydrogen-bond donors (Lipinski definition) is 2. The number of carbonyl (C=O) groups is 1. The highest BCUT2D eigenvalue weighted by Crippen LogP contribution is 2.32. The highest BCUT2D eigenvalue weighted by atomic mass is 19.1. The highest BCUT2D eigenvalue weighted by molar-refractivity contribution is 5.73. The van der Waals surface area contributed by atoms with Gasteiger partial charge in [0.05, 0.1) is 18.5 Å². The van der Waals surface area contributed by atoms with E-state index in [9.17, 15) is 9.18 Å². The molecular weight excluding hydrogens is 249 g/mol. The van der Waals surface area contributed by atoms with Crippen LogP contribution in [0.3, 0.4) is 0 Å². The fourth-order valence-corrected chi connectivity index (χ4v) is 2.36.